The van der Waals surface area contributed by atoms with E-state index in [2.05, 4.69) is 122 Å². The summed E-state index contributed by atoms with van der Waals surface area (Å²) in [4.78, 5) is 14.6. The van der Waals surface area contributed by atoms with Crippen LogP contribution in [-0.2, 0) is 42.1 Å². The van der Waals surface area contributed by atoms with Crippen LogP contribution in [0.2, 0.25) is 36.3 Å². The van der Waals surface area contributed by atoms with E-state index in [0.29, 0.717) is 31.6 Å². The van der Waals surface area contributed by atoms with E-state index in [1.165, 1.54) is 0 Å². The normalized spacial score (nSPS) is 42.8. The lowest BCUT2D eigenvalue weighted by Crippen LogP contribution is -2.64. The minimum absolute atomic E-state index is 0.00407. The molecule has 2 unspecified atom stereocenters. The minimum Gasteiger partial charge on any atom is -0.411 e. The number of ketones is 1. The van der Waals surface area contributed by atoms with Gasteiger partial charge in [0.05, 0.1) is 85.0 Å². The number of carbonyl (C=O) groups is 1. The van der Waals surface area contributed by atoms with Gasteiger partial charge >= 0.3 is 0 Å². The van der Waals surface area contributed by atoms with Crippen LogP contribution in [0, 0.1) is 23.7 Å². The van der Waals surface area contributed by atoms with E-state index < -0.39 is 34.9 Å². The number of rotatable bonds is 6. The molecule has 6 fully saturated rings. The van der Waals surface area contributed by atoms with Crippen LogP contribution in [0.3, 0.4) is 0 Å². The highest BCUT2D eigenvalue weighted by atomic mass is 28.4. The zero-order valence-electron chi connectivity index (χ0n) is 46.0. The largest absolute Gasteiger partial charge is 0.411 e. The van der Waals surface area contributed by atoms with E-state index in [-0.39, 0.29) is 106 Å². The predicted molar refractivity (Wildman–Crippen MR) is 280 cm³/mol. The molecule has 8 bridgehead atoms. The zero-order chi connectivity index (χ0) is 50.6. The van der Waals surface area contributed by atoms with Crippen molar-refractivity contribution in [2.45, 2.75) is 293 Å². The van der Waals surface area contributed by atoms with Crippen molar-refractivity contribution in [2.75, 3.05) is 0 Å². The summed E-state index contributed by atoms with van der Waals surface area (Å²) in [7, 11) is -4.70. The van der Waals surface area contributed by atoms with Crippen LogP contribution in [0.15, 0.2) is 36.5 Å². The molecule has 10 nitrogen and oxygen atoms in total. The summed E-state index contributed by atoms with van der Waals surface area (Å²) in [5, 5.41) is 11.6. The van der Waals surface area contributed by atoms with Crippen LogP contribution in [0.1, 0.15) is 166 Å². The van der Waals surface area contributed by atoms with Crippen LogP contribution >= 0.6 is 0 Å². The lowest BCUT2D eigenvalue weighted by molar-refractivity contribution is -0.251. The smallest absolute Gasteiger partial charge is 0.193 e. The van der Waals surface area contributed by atoms with Crippen LogP contribution in [-0.4, -0.2) is 119 Å². The molecule has 9 aliphatic heterocycles. The molecule has 0 aromatic rings. The van der Waals surface area contributed by atoms with Crippen molar-refractivity contribution in [1.29, 1.82) is 0 Å². The number of aliphatic hydroxyl groups excluding tert-OH is 1. The lowest BCUT2D eigenvalue weighted by atomic mass is 9.78. The molecule has 12 heteroatoms. The number of hydrogen-bond acceptors (Lipinski definition) is 10. The Hall–Kier alpha value is -1.04. The first-order valence-corrected chi connectivity index (χ1v) is 33.4. The standard InChI is InChI=1S/C57H98O10Si2/c1-34-28-42-21-24-46-35(2)29-41(60-46)20-18-39(58)19-23-48(66-68(14,15)55(6,7)8)54-53(67-69(16,17)56(9,10)11)38(5)52-47(64-54)25-22-43(62-52)30-40(59)31-45-37(4)49(32-44-26-27-57(12,13)65-44)63-51(45)33-50(61-42)36(34)3/h19,23,34,37-39,41-54,58H,2-3,18,20-22,24-33H2,1,4-17H3/b23-19+/t34-,37-,38+,39?,41+,42+,43-,44-,45-,46+,47?,48+,49-,50-,51+,52-,53+,54+/m1/s1. The Bertz CT molecular complexity index is 1820. The Morgan fingerprint density at radius 2 is 1.33 bits per heavy atom. The van der Waals surface area contributed by atoms with Gasteiger partial charge in [-0.15, -0.1) is 0 Å². The maximum Gasteiger partial charge on any atom is 0.193 e. The number of ether oxygens (including phenoxy) is 6. The highest BCUT2D eigenvalue weighted by molar-refractivity contribution is 6.74. The molecule has 0 aromatic heterocycles. The summed E-state index contributed by atoms with van der Waals surface area (Å²) in [6, 6.07) is 0. The summed E-state index contributed by atoms with van der Waals surface area (Å²) in [5.74, 6) is 0.751. The lowest BCUT2D eigenvalue weighted by Gasteiger charge is -2.54. The van der Waals surface area contributed by atoms with E-state index in [9.17, 15) is 9.90 Å². The van der Waals surface area contributed by atoms with Gasteiger partial charge in [-0.05, 0) is 143 Å². The second-order valence-corrected chi connectivity index (χ2v) is 36.4. The van der Waals surface area contributed by atoms with Gasteiger partial charge in [0, 0.05) is 31.6 Å². The molecule has 0 amide bonds. The maximum atomic E-state index is 14.6. The van der Waals surface area contributed by atoms with Gasteiger partial charge in [-0.3, -0.25) is 4.79 Å². The van der Waals surface area contributed by atoms with Crippen molar-refractivity contribution in [1.82, 2.24) is 0 Å². The molecule has 69 heavy (non-hydrogen) atoms. The van der Waals surface area contributed by atoms with Gasteiger partial charge in [0.25, 0.3) is 0 Å². The van der Waals surface area contributed by atoms with Gasteiger partial charge in [-0.2, -0.15) is 0 Å². The number of fused-ring (bicyclic) bond motifs is 2. The van der Waals surface area contributed by atoms with Crippen LogP contribution in [0.5, 0.6) is 0 Å². The van der Waals surface area contributed by atoms with Gasteiger partial charge in [0.1, 0.15) is 11.9 Å². The van der Waals surface area contributed by atoms with Crippen molar-refractivity contribution < 1.29 is 47.2 Å². The highest BCUT2D eigenvalue weighted by Crippen LogP contribution is 2.48. The Balaban J connectivity index is 1.19. The van der Waals surface area contributed by atoms with E-state index in [1.807, 2.05) is 6.08 Å². The third-order valence-electron chi connectivity index (χ3n) is 18.9. The number of carbonyl (C=O) groups excluding carboxylic acids is 1. The summed E-state index contributed by atoms with van der Waals surface area (Å²) < 4.78 is 56.5. The van der Waals surface area contributed by atoms with Crippen molar-refractivity contribution in [3.63, 3.8) is 0 Å². The second kappa shape index (κ2) is 21.7. The third kappa shape index (κ3) is 13.3. The molecule has 0 aromatic carbocycles. The summed E-state index contributed by atoms with van der Waals surface area (Å²) in [5.41, 5.74) is 2.14. The molecule has 0 aliphatic carbocycles. The molecule has 1 N–H and O–H groups in total. The van der Waals surface area contributed by atoms with Gasteiger partial charge in [-0.25, -0.2) is 0 Å². The van der Waals surface area contributed by atoms with Crippen LogP contribution in [0.25, 0.3) is 0 Å². The SMILES string of the molecule is C=C1C[C@@H]2CCC(O)/C=C/[C@H](O[Si](C)(C)C(C)(C)C)[C@@H]3OC4CC[C@H](CC(=O)C[C@@H]5[C@@H](C)[C@@H](C[C@H]6CCC(C)(C)O6)O[C@H]5C[C@H]5O[C@@H](CC[C@@H]1O2)C[C@@H](C)C5=C)O[C@@H]4[C@H](C)[C@@H]3O[Si](C)(C)C(C)(C)C. The fourth-order valence-corrected chi connectivity index (χ4v) is 14.8. The molecule has 0 spiro atoms. The maximum absolute atomic E-state index is 14.6. The zero-order valence-corrected chi connectivity index (χ0v) is 48.0. The molecule has 18 atom stereocenters. The Labute approximate surface area is 421 Å². The topological polar surface area (TPSA) is 111 Å². The third-order valence-corrected chi connectivity index (χ3v) is 27.8. The Morgan fingerprint density at radius 3 is 2.00 bits per heavy atom. The molecule has 9 heterocycles. The Morgan fingerprint density at radius 1 is 0.696 bits per heavy atom. The molecular formula is C57H98O10Si2. The van der Waals surface area contributed by atoms with E-state index >= 15 is 0 Å². The van der Waals surface area contributed by atoms with Crippen molar-refractivity contribution in [2.24, 2.45) is 23.7 Å². The number of Topliss-reactive ketones (excluding diaryl/α,β-unsaturated/α-hetero) is 1. The predicted octanol–water partition coefficient (Wildman–Crippen LogP) is 12.4. The average Bonchev–Trinajstić information content (AvgIpc) is 3.88. The molecule has 9 rings (SSSR count). The fourth-order valence-electron chi connectivity index (χ4n) is 12.2. The minimum atomic E-state index is -2.35. The van der Waals surface area contributed by atoms with Gasteiger partial charge in [0.2, 0.25) is 0 Å². The molecule has 6 saturated heterocycles. The fraction of sp³-hybridized carbons (Fsp3) is 0.877. The molecular weight excluding hydrogens is 901 g/mol. The van der Waals surface area contributed by atoms with E-state index in [0.717, 1.165) is 75.4 Å². The molecule has 0 radical (unpaired) electrons. The van der Waals surface area contributed by atoms with Gasteiger partial charge < -0.3 is 42.4 Å². The van der Waals surface area contributed by atoms with Crippen molar-refractivity contribution in [3.8, 4) is 0 Å². The van der Waals surface area contributed by atoms with Crippen molar-refractivity contribution >= 4 is 22.4 Å². The van der Waals surface area contributed by atoms with Gasteiger partial charge in [-0.1, -0.05) is 87.6 Å². The monoisotopic (exact) mass is 999 g/mol. The summed E-state index contributed by atoms with van der Waals surface area (Å²) in [6.07, 6.45) is 12.2. The first-order chi connectivity index (χ1) is 32.0. The molecule has 9 aliphatic rings. The van der Waals surface area contributed by atoms with Crippen molar-refractivity contribution in [3.05, 3.63) is 36.5 Å². The van der Waals surface area contributed by atoms with E-state index in [4.69, 9.17) is 37.3 Å². The Kier molecular flexibility index (Phi) is 17.5. The van der Waals surface area contributed by atoms with Crippen LogP contribution < -0.4 is 0 Å². The first-order valence-electron chi connectivity index (χ1n) is 27.6. The van der Waals surface area contributed by atoms with Gasteiger partial charge in [0.15, 0.2) is 16.6 Å². The number of aliphatic hydroxyl groups is 1. The quantitative estimate of drug-likeness (QED) is 0.204. The average molecular weight is 1000 g/mol. The van der Waals surface area contributed by atoms with Crippen LogP contribution in [0.4, 0.5) is 0 Å². The molecule has 0 saturated carbocycles. The first kappa shape index (κ1) is 55.7. The molecule has 394 valence electrons. The van der Waals surface area contributed by atoms with E-state index in [1.54, 1.807) is 0 Å². The summed E-state index contributed by atoms with van der Waals surface area (Å²) in [6.45, 7) is 43.1. The second-order valence-electron chi connectivity index (χ2n) is 26.9. The number of hydrogen-bond donors (Lipinski definition) is 1. The summed E-state index contributed by atoms with van der Waals surface area (Å²) >= 11 is 0. The highest BCUT2D eigenvalue weighted by Gasteiger charge is 2.55.